The van der Waals surface area contributed by atoms with E-state index in [1.165, 1.54) is 6.08 Å². The molecule has 2 bridgehead atoms. The molecule has 1 N–H and O–H groups in total. The van der Waals surface area contributed by atoms with Crippen molar-refractivity contribution in [2.75, 3.05) is 0 Å². The summed E-state index contributed by atoms with van der Waals surface area (Å²) in [4.78, 5) is 11.4. The normalized spacial score (nSPS) is 48.3. The van der Waals surface area contributed by atoms with E-state index in [-0.39, 0.29) is 17.6 Å². The predicted octanol–water partition coefficient (Wildman–Crippen LogP) is 1.45. The van der Waals surface area contributed by atoms with E-state index in [1.54, 1.807) is 0 Å². The van der Waals surface area contributed by atoms with Crippen LogP contribution in [0.15, 0.2) is 24.0 Å². The number of aliphatic hydroxyl groups is 1. The molecule has 0 saturated heterocycles. The van der Waals surface area contributed by atoms with Crippen molar-refractivity contribution in [3.63, 3.8) is 0 Å². The van der Waals surface area contributed by atoms with Crippen LogP contribution in [0.3, 0.4) is 0 Å². The zero-order valence-corrected chi connectivity index (χ0v) is 6.60. The topological polar surface area (TPSA) is 37.3 Å². The van der Waals surface area contributed by atoms with Gasteiger partial charge in [0, 0.05) is 17.9 Å². The van der Waals surface area contributed by atoms with Crippen LogP contribution >= 0.6 is 0 Å². The maximum absolute atomic E-state index is 11.4. The lowest BCUT2D eigenvalue weighted by Gasteiger charge is -2.19. The monoisotopic (exact) mass is 162 g/mol. The summed E-state index contributed by atoms with van der Waals surface area (Å²) in [5.74, 6) is 1.51. The largest absolute Gasteiger partial charge is 0.512 e. The van der Waals surface area contributed by atoms with Gasteiger partial charge in [-0.25, -0.2) is 0 Å². The first kappa shape index (κ1) is 6.46. The number of carbonyl (C=O) groups excluding carboxylic acids is 1. The molecule has 12 heavy (non-hydrogen) atoms. The third-order valence-electron chi connectivity index (χ3n) is 3.42. The number of hydrogen-bond acceptors (Lipinski definition) is 2. The van der Waals surface area contributed by atoms with E-state index < -0.39 is 0 Å². The summed E-state index contributed by atoms with van der Waals surface area (Å²) in [5, 5.41) is 9.50. The molecular weight excluding hydrogens is 152 g/mol. The van der Waals surface area contributed by atoms with Crippen LogP contribution in [0.25, 0.3) is 0 Å². The number of allylic oxidation sites excluding steroid dienone is 4. The summed E-state index contributed by atoms with van der Waals surface area (Å²) >= 11 is 0. The van der Waals surface area contributed by atoms with Crippen molar-refractivity contribution in [1.29, 1.82) is 0 Å². The van der Waals surface area contributed by atoms with E-state index in [9.17, 15) is 9.90 Å². The fraction of sp³-hybridized carbons (Fsp3) is 0.500. The maximum atomic E-state index is 11.4. The van der Waals surface area contributed by atoms with Crippen molar-refractivity contribution < 1.29 is 9.90 Å². The van der Waals surface area contributed by atoms with Gasteiger partial charge in [-0.1, -0.05) is 12.2 Å². The highest BCUT2D eigenvalue weighted by Crippen LogP contribution is 2.53. The quantitative estimate of drug-likeness (QED) is 0.547. The van der Waals surface area contributed by atoms with Crippen LogP contribution < -0.4 is 0 Å². The van der Waals surface area contributed by atoms with Crippen LogP contribution in [-0.2, 0) is 4.79 Å². The van der Waals surface area contributed by atoms with Crippen LogP contribution in [0.5, 0.6) is 0 Å². The molecule has 0 radical (unpaired) electrons. The second kappa shape index (κ2) is 1.82. The second-order valence-electron chi connectivity index (χ2n) is 3.97. The predicted molar refractivity (Wildman–Crippen MR) is 43.4 cm³/mol. The molecule has 2 nitrogen and oxygen atoms in total. The Balaban J connectivity index is 2.09. The molecule has 0 unspecified atom stereocenters. The van der Waals surface area contributed by atoms with Gasteiger partial charge in [-0.05, 0) is 18.3 Å². The van der Waals surface area contributed by atoms with Crippen molar-refractivity contribution in [1.82, 2.24) is 0 Å². The van der Waals surface area contributed by atoms with Gasteiger partial charge in [0.25, 0.3) is 0 Å². The minimum atomic E-state index is 0.0833. The van der Waals surface area contributed by atoms with E-state index in [2.05, 4.69) is 12.2 Å². The molecule has 62 valence electrons. The Hall–Kier alpha value is -1.05. The Bertz CT molecular complexity index is 314. The van der Waals surface area contributed by atoms with Gasteiger partial charge in [0.15, 0.2) is 5.78 Å². The number of ketones is 1. The third kappa shape index (κ3) is 0.554. The van der Waals surface area contributed by atoms with Gasteiger partial charge in [-0.3, -0.25) is 4.79 Å². The summed E-state index contributed by atoms with van der Waals surface area (Å²) in [6, 6.07) is 0. The molecule has 0 amide bonds. The zero-order valence-electron chi connectivity index (χ0n) is 6.60. The second-order valence-corrected chi connectivity index (χ2v) is 3.97. The third-order valence-corrected chi connectivity index (χ3v) is 3.42. The number of rotatable bonds is 0. The Morgan fingerprint density at radius 2 is 1.92 bits per heavy atom. The standard InChI is InChI=1S/C10H10O2/c11-7-4-8(12)10-6-2-1-5(3-6)9(7)10/h1-2,4-6,9-11H,3H2/t5-,6-,9+,10+/m1/s1. The number of aliphatic hydroxyl groups excluding tert-OH is 1. The molecule has 2 heteroatoms. The molecule has 0 spiro atoms. The summed E-state index contributed by atoms with van der Waals surface area (Å²) in [6.45, 7) is 0. The van der Waals surface area contributed by atoms with E-state index in [1.807, 2.05) is 0 Å². The lowest BCUT2D eigenvalue weighted by atomic mass is 9.84. The number of hydrogen-bond donors (Lipinski definition) is 1. The van der Waals surface area contributed by atoms with Gasteiger partial charge < -0.3 is 5.11 Å². The molecule has 0 aromatic heterocycles. The van der Waals surface area contributed by atoms with Crippen molar-refractivity contribution in [2.24, 2.45) is 23.7 Å². The average molecular weight is 162 g/mol. The first-order valence-corrected chi connectivity index (χ1v) is 4.40. The van der Waals surface area contributed by atoms with Gasteiger partial charge in [0.1, 0.15) is 5.76 Å². The Morgan fingerprint density at radius 3 is 2.58 bits per heavy atom. The van der Waals surface area contributed by atoms with Crippen LogP contribution in [-0.4, -0.2) is 10.9 Å². The summed E-state index contributed by atoms with van der Waals surface area (Å²) in [7, 11) is 0. The highest BCUT2D eigenvalue weighted by Gasteiger charge is 2.52. The summed E-state index contributed by atoms with van der Waals surface area (Å²) in [5.41, 5.74) is 0. The number of fused-ring (bicyclic) bond motifs is 5. The maximum Gasteiger partial charge on any atom is 0.163 e. The highest BCUT2D eigenvalue weighted by molar-refractivity contribution is 5.96. The summed E-state index contributed by atoms with van der Waals surface area (Å²) in [6.07, 6.45) is 6.77. The molecule has 4 atom stereocenters. The summed E-state index contributed by atoms with van der Waals surface area (Å²) < 4.78 is 0. The number of carbonyl (C=O) groups is 1. The smallest absolute Gasteiger partial charge is 0.163 e. The average Bonchev–Trinajstić information content (AvgIpc) is 2.64. The van der Waals surface area contributed by atoms with E-state index in [0.29, 0.717) is 17.6 Å². The van der Waals surface area contributed by atoms with Gasteiger partial charge in [0.05, 0.1) is 0 Å². The van der Waals surface area contributed by atoms with Crippen molar-refractivity contribution >= 4 is 5.78 Å². The minimum Gasteiger partial charge on any atom is -0.512 e. The SMILES string of the molecule is O=C1C=C(O)[C@H]2[C@H]1[C@@H]1C=C[C@@H]2C1. The van der Waals surface area contributed by atoms with E-state index >= 15 is 0 Å². The van der Waals surface area contributed by atoms with Gasteiger partial charge in [0.2, 0.25) is 0 Å². The Kier molecular flexibility index (Phi) is 0.978. The van der Waals surface area contributed by atoms with Crippen LogP contribution in [0.1, 0.15) is 6.42 Å². The zero-order chi connectivity index (χ0) is 8.29. The molecule has 3 aliphatic carbocycles. The fourth-order valence-corrected chi connectivity index (χ4v) is 2.95. The van der Waals surface area contributed by atoms with Crippen LogP contribution in [0.2, 0.25) is 0 Å². The molecule has 3 aliphatic rings. The molecule has 0 aromatic rings. The first-order chi connectivity index (χ1) is 5.77. The van der Waals surface area contributed by atoms with E-state index in [4.69, 9.17) is 0 Å². The van der Waals surface area contributed by atoms with Gasteiger partial charge in [-0.2, -0.15) is 0 Å². The molecule has 1 fully saturated rings. The molecule has 1 saturated carbocycles. The van der Waals surface area contributed by atoms with Crippen LogP contribution in [0, 0.1) is 23.7 Å². The Morgan fingerprint density at radius 1 is 1.25 bits per heavy atom. The Labute approximate surface area is 70.6 Å². The molecule has 0 heterocycles. The molecule has 0 aromatic carbocycles. The van der Waals surface area contributed by atoms with Crippen molar-refractivity contribution in [2.45, 2.75) is 6.42 Å². The van der Waals surface area contributed by atoms with E-state index in [0.717, 1.165) is 6.42 Å². The molecular formula is C10H10O2. The minimum absolute atomic E-state index is 0.0833. The van der Waals surface area contributed by atoms with Crippen LogP contribution in [0.4, 0.5) is 0 Å². The lowest BCUT2D eigenvalue weighted by Crippen LogP contribution is -2.21. The molecule has 3 rings (SSSR count). The molecule has 0 aliphatic heterocycles. The van der Waals surface area contributed by atoms with Gasteiger partial charge in [-0.15, -0.1) is 0 Å². The first-order valence-electron chi connectivity index (χ1n) is 4.40. The highest BCUT2D eigenvalue weighted by atomic mass is 16.3. The van der Waals surface area contributed by atoms with Crippen molar-refractivity contribution in [3.8, 4) is 0 Å². The lowest BCUT2D eigenvalue weighted by molar-refractivity contribution is -0.118. The van der Waals surface area contributed by atoms with Gasteiger partial charge >= 0.3 is 0 Å². The fourth-order valence-electron chi connectivity index (χ4n) is 2.95. The van der Waals surface area contributed by atoms with Crippen molar-refractivity contribution in [3.05, 3.63) is 24.0 Å².